The number of rotatable bonds is 6. The van der Waals surface area contributed by atoms with Gasteiger partial charge in [-0.3, -0.25) is 0 Å². The minimum Gasteiger partial charge on any atom is -0.363 e. The maximum absolute atomic E-state index is 4.70. The van der Waals surface area contributed by atoms with Gasteiger partial charge in [0.1, 0.15) is 5.82 Å². The highest BCUT2D eigenvalue weighted by Crippen LogP contribution is 2.27. The summed E-state index contributed by atoms with van der Waals surface area (Å²) in [6.07, 6.45) is 2.39. The van der Waals surface area contributed by atoms with E-state index in [1.54, 1.807) is 0 Å². The lowest BCUT2D eigenvalue weighted by atomic mass is 10.1. The van der Waals surface area contributed by atoms with E-state index in [1.165, 1.54) is 18.4 Å². The van der Waals surface area contributed by atoms with E-state index in [4.69, 9.17) is 4.98 Å². The number of hydrogen-bond donors (Lipinski definition) is 2. The number of benzene rings is 2. The summed E-state index contributed by atoms with van der Waals surface area (Å²) in [7, 11) is 0. The largest absolute Gasteiger partial charge is 0.363 e. The zero-order valence-electron chi connectivity index (χ0n) is 14.3. The van der Waals surface area contributed by atoms with Gasteiger partial charge in [0, 0.05) is 23.7 Å². The molecule has 2 aromatic carbocycles. The van der Waals surface area contributed by atoms with Crippen molar-refractivity contribution in [2.24, 2.45) is 0 Å². The summed E-state index contributed by atoms with van der Waals surface area (Å²) in [6.45, 7) is 2.15. The maximum atomic E-state index is 4.70. The Morgan fingerprint density at radius 3 is 2.28 bits per heavy atom. The third-order valence-electron chi connectivity index (χ3n) is 4.37. The average Bonchev–Trinajstić information content (AvgIpc) is 3.47. The van der Waals surface area contributed by atoms with E-state index in [-0.39, 0.29) is 6.04 Å². The van der Waals surface area contributed by atoms with Gasteiger partial charge >= 0.3 is 0 Å². The topological polar surface area (TPSA) is 49.8 Å². The van der Waals surface area contributed by atoms with E-state index in [0.29, 0.717) is 12.0 Å². The molecule has 1 aliphatic rings. The second-order valence-electron chi connectivity index (χ2n) is 6.52. The van der Waals surface area contributed by atoms with Crippen molar-refractivity contribution in [1.29, 1.82) is 0 Å². The van der Waals surface area contributed by atoms with Crippen LogP contribution in [0.4, 0.5) is 11.8 Å². The van der Waals surface area contributed by atoms with Crippen LogP contribution in [-0.2, 0) is 0 Å². The van der Waals surface area contributed by atoms with Crippen molar-refractivity contribution < 1.29 is 0 Å². The molecule has 1 fully saturated rings. The van der Waals surface area contributed by atoms with Gasteiger partial charge in [-0.2, -0.15) is 4.98 Å². The summed E-state index contributed by atoms with van der Waals surface area (Å²) >= 11 is 0. The highest BCUT2D eigenvalue weighted by Gasteiger charge is 2.22. The zero-order valence-corrected chi connectivity index (χ0v) is 14.3. The molecule has 126 valence electrons. The molecule has 1 saturated carbocycles. The molecule has 1 atom stereocenters. The monoisotopic (exact) mass is 330 g/mol. The standard InChI is InChI=1S/C21H22N4/c1-15(16-8-4-2-5-9-16)22-20-14-19(17-10-6-3-7-11-17)24-21(25-20)23-18-12-13-18/h2-11,14-15,18H,12-13H2,1H3,(H2,22,23,24,25). The Labute approximate surface area is 148 Å². The predicted octanol–water partition coefficient (Wildman–Crippen LogP) is 4.89. The summed E-state index contributed by atoms with van der Waals surface area (Å²) < 4.78 is 0. The van der Waals surface area contributed by atoms with E-state index in [0.717, 1.165) is 17.1 Å². The highest BCUT2D eigenvalue weighted by atomic mass is 15.2. The van der Waals surface area contributed by atoms with Crippen molar-refractivity contribution in [2.45, 2.75) is 31.8 Å². The van der Waals surface area contributed by atoms with Gasteiger partial charge in [0.2, 0.25) is 5.95 Å². The van der Waals surface area contributed by atoms with E-state index in [9.17, 15) is 0 Å². The van der Waals surface area contributed by atoms with E-state index >= 15 is 0 Å². The SMILES string of the molecule is CC(Nc1cc(-c2ccccc2)nc(NC2CC2)n1)c1ccccc1. The molecular weight excluding hydrogens is 308 g/mol. The number of hydrogen-bond acceptors (Lipinski definition) is 4. The summed E-state index contributed by atoms with van der Waals surface area (Å²) in [5.41, 5.74) is 3.26. The molecule has 1 unspecified atom stereocenters. The minimum absolute atomic E-state index is 0.175. The number of anilines is 2. The maximum Gasteiger partial charge on any atom is 0.225 e. The number of aromatic nitrogens is 2. The van der Waals surface area contributed by atoms with Crippen LogP contribution in [0.5, 0.6) is 0 Å². The number of nitrogens with zero attached hydrogens (tertiary/aromatic N) is 2. The second kappa shape index (κ2) is 6.93. The molecule has 4 rings (SSSR count). The molecule has 0 amide bonds. The van der Waals surface area contributed by atoms with Gasteiger partial charge in [0.05, 0.1) is 5.69 Å². The Balaban J connectivity index is 1.63. The van der Waals surface area contributed by atoms with Gasteiger partial charge in [0.15, 0.2) is 0 Å². The Morgan fingerprint density at radius 1 is 0.920 bits per heavy atom. The van der Waals surface area contributed by atoms with Crippen molar-refractivity contribution in [3.63, 3.8) is 0 Å². The van der Waals surface area contributed by atoms with Gasteiger partial charge < -0.3 is 10.6 Å². The van der Waals surface area contributed by atoms with Crippen molar-refractivity contribution in [3.8, 4) is 11.3 Å². The van der Waals surface area contributed by atoms with Crippen molar-refractivity contribution in [2.75, 3.05) is 10.6 Å². The molecule has 0 bridgehead atoms. The highest BCUT2D eigenvalue weighted by molar-refractivity contribution is 5.64. The smallest absolute Gasteiger partial charge is 0.225 e. The number of nitrogens with one attached hydrogen (secondary N) is 2. The fourth-order valence-electron chi connectivity index (χ4n) is 2.80. The van der Waals surface area contributed by atoms with Crippen LogP contribution < -0.4 is 10.6 Å². The van der Waals surface area contributed by atoms with E-state index in [2.05, 4.69) is 58.9 Å². The molecule has 1 aromatic heterocycles. The molecule has 2 N–H and O–H groups in total. The predicted molar refractivity (Wildman–Crippen MR) is 103 cm³/mol. The van der Waals surface area contributed by atoms with Gasteiger partial charge in [-0.1, -0.05) is 60.7 Å². The zero-order chi connectivity index (χ0) is 17.1. The third-order valence-corrected chi connectivity index (χ3v) is 4.37. The van der Waals surface area contributed by atoms with Crippen LogP contribution >= 0.6 is 0 Å². The van der Waals surface area contributed by atoms with Crippen LogP contribution in [0.3, 0.4) is 0 Å². The first kappa shape index (κ1) is 15.6. The van der Waals surface area contributed by atoms with Gasteiger partial charge in [-0.05, 0) is 25.3 Å². The molecule has 1 heterocycles. The molecule has 25 heavy (non-hydrogen) atoms. The van der Waals surface area contributed by atoms with Crippen LogP contribution in [0.25, 0.3) is 11.3 Å². The van der Waals surface area contributed by atoms with Crippen LogP contribution in [0.1, 0.15) is 31.4 Å². The summed E-state index contributed by atoms with van der Waals surface area (Å²) in [6, 6.07) is 23.4. The van der Waals surface area contributed by atoms with Crippen LogP contribution in [0.15, 0.2) is 66.7 Å². The Kier molecular flexibility index (Phi) is 4.34. The van der Waals surface area contributed by atoms with Crippen LogP contribution in [0, 0.1) is 0 Å². The van der Waals surface area contributed by atoms with E-state index < -0.39 is 0 Å². The molecule has 0 spiro atoms. The molecule has 0 saturated heterocycles. The lowest BCUT2D eigenvalue weighted by Gasteiger charge is -2.16. The fraction of sp³-hybridized carbons (Fsp3) is 0.238. The van der Waals surface area contributed by atoms with Crippen molar-refractivity contribution in [1.82, 2.24) is 9.97 Å². The van der Waals surface area contributed by atoms with Crippen LogP contribution in [-0.4, -0.2) is 16.0 Å². The molecule has 4 nitrogen and oxygen atoms in total. The first-order chi connectivity index (χ1) is 12.3. The summed E-state index contributed by atoms with van der Waals surface area (Å²) in [4.78, 5) is 9.37. The van der Waals surface area contributed by atoms with Gasteiger partial charge in [-0.15, -0.1) is 0 Å². The minimum atomic E-state index is 0.175. The Hall–Kier alpha value is -2.88. The lowest BCUT2D eigenvalue weighted by Crippen LogP contribution is -2.11. The molecule has 0 radical (unpaired) electrons. The molecular formula is C21H22N4. The quantitative estimate of drug-likeness (QED) is 0.675. The first-order valence-corrected chi connectivity index (χ1v) is 8.80. The molecule has 4 heteroatoms. The summed E-state index contributed by atoms with van der Waals surface area (Å²) in [5.74, 6) is 1.54. The fourth-order valence-corrected chi connectivity index (χ4v) is 2.80. The average molecular weight is 330 g/mol. The summed E-state index contributed by atoms with van der Waals surface area (Å²) in [5, 5.41) is 6.93. The molecule has 3 aromatic rings. The van der Waals surface area contributed by atoms with Crippen molar-refractivity contribution >= 4 is 11.8 Å². The third kappa shape index (κ3) is 3.97. The van der Waals surface area contributed by atoms with Gasteiger partial charge in [-0.25, -0.2) is 4.98 Å². The first-order valence-electron chi connectivity index (χ1n) is 8.80. The molecule has 1 aliphatic carbocycles. The lowest BCUT2D eigenvalue weighted by molar-refractivity contribution is 0.871. The second-order valence-corrected chi connectivity index (χ2v) is 6.52. The van der Waals surface area contributed by atoms with Gasteiger partial charge in [0.25, 0.3) is 0 Å². The van der Waals surface area contributed by atoms with Crippen LogP contribution in [0.2, 0.25) is 0 Å². The Morgan fingerprint density at radius 2 is 1.60 bits per heavy atom. The Bertz CT molecular complexity index is 829. The molecule has 0 aliphatic heterocycles. The normalized spacial score (nSPS) is 14.8. The van der Waals surface area contributed by atoms with E-state index in [1.807, 2.05) is 30.3 Å². The van der Waals surface area contributed by atoms with Crippen molar-refractivity contribution in [3.05, 3.63) is 72.3 Å².